The second-order valence-electron chi connectivity index (χ2n) is 8.18. The van der Waals surface area contributed by atoms with Gasteiger partial charge in [-0.15, -0.1) is 0 Å². The molecule has 8 heteroatoms. The van der Waals surface area contributed by atoms with Crippen LogP contribution in [0.2, 0.25) is 0 Å². The molecule has 34 heavy (non-hydrogen) atoms. The van der Waals surface area contributed by atoms with Gasteiger partial charge in [0.2, 0.25) is 0 Å². The molecular weight excluding hydrogens is 436 g/mol. The van der Waals surface area contributed by atoms with Gasteiger partial charge in [0.25, 0.3) is 5.91 Å². The molecule has 1 aliphatic rings. The van der Waals surface area contributed by atoms with Crippen LogP contribution in [-0.2, 0) is 9.53 Å². The van der Waals surface area contributed by atoms with Crippen LogP contribution >= 0.6 is 0 Å². The Bertz CT molecular complexity index is 1400. The molecule has 2 aromatic carbocycles. The van der Waals surface area contributed by atoms with Crippen molar-refractivity contribution in [2.45, 2.75) is 33.8 Å². The number of aromatic nitrogens is 1. The Balaban J connectivity index is 1.50. The van der Waals surface area contributed by atoms with E-state index in [-0.39, 0.29) is 39.9 Å². The standard InChI is InChI=1S/C26H22N2O6/c1-12-21(14(3)29)13(2)27-22(12)26(33)34-15(4)25(32)28-16-9-10-19-20(11-16)24(31)18-8-6-5-7-17(18)23(19)30/h5-11,15,27H,1-4H3,(H,28,32)/t15-/m0/s1. The van der Waals surface area contributed by atoms with Gasteiger partial charge in [-0.3, -0.25) is 19.2 Å². The molecule has 1 heterocycles. The number of anilines is 1. The van der Waals surface area contributed by atoms with E-state index in [0.29, 0.717) is 27.9 Å². The van der Waals surface area contributed by atoms with Crippen molar-refractivity contribution in [1.82, 2.24) is 4.98 Å². The van der Waals surface area contributed by atoms with Crippen LogP contribution in [0.1, 0.15) is 77.8 Å². The molecule has 0 bridgehead atoms. The number of amides is 1. The number of hydrogen-bond donors (Lipinski definition) is 2. The number of hydrogen-bond acceptors (Lipinski definition) is 6. The average Bonchev–Trinajstić information content (AvgIpc) is 3.11. The van der Waals surface area contributed by atoms with Crippen LogP contribution in [-0.4, -0.2) is 40.3 Å². The fraction of sp³-hybridized carbons (Fsp3) is 0.192. The van der Waals surface area contributed by atoms with E-state index in [2.05, 4.69) is 10.3 Å². The van der Waals surface area contributed by atoms with Gasteiger partial charge >= 0.3 is 5.97 Å². The van der Waals surface area contributed by atoms with E-state index >= 15 is 0 Å². The van der Waals surface area contributed by atoms with E-state index in [1.807, 2.05) is 0 Å². The fourth-order valence-electron chi connectivity index (χ4n) is 4.18. The number of fused-ring (bicyclic) bond motifs is 2. The Morgan fingerprint density at radius 1 is 0.912 bits per heavy atom. The van der Waals surface area contributed by atoms with Gasteiger partial charge in [0.15, 0.2) is 23.5 Å². The van der Waals surface area contributed by atoms with Crippen LogP contribution < -0.4 is 5.32 Å². The van der Waals surface area contributed by atoms with Gasteiger partial charge in [0, 0.05) is 39.2 Å². The first-order valence-electron chi connectivity index (χ1n) is 10.6. The van der Waals surface area contributed by atoms with Gasteiger partial charge < -0.3 is 15.0 Å². The van der Waals surface area contributed by atoms with E-state index in [1.54, 1.807) is 38.1 Å². The quantitative estimate of drug-likeness (QED) is 0.347. The normalized spacial score (nSPS) is 13.1. The zero-order chi connectivity index (χ0) is 24.7. The molecule has 0 saturated carbocycles. The molecule has 0 saturated heterocycles. The minimum Gasteiger partial charge on any atom is -0.448 e. The van der Waals surface area contributed by atoms with Gasteiger partial charge in [-0.1, -0.05) is 24.3 Å². The number of rotatable bonds is 5. The summed E-state index contributed by atoms with van der Waals surface area (Å²) in [6.45, 7) is 6.12. The number of esters is 1. The first-order valence-corrected chi connectivity index (χ1v) is 10.6. The maximum atomic E-state index is 12.9. The van der Waals surface area contributed by atoms with E-state index in [0.717, 1.165) is 0 Å². The number of H-pyrrole nitrogens is 1. The molecule has 2 N–H and O–H groups in total. The van der Waals surface area contributed by atoms with E-state index < -0.39 is 18.0 Å². The summed E-state index contributed by atoms with van der Waals surface area (Å²) in [5.74, 6) is -2.12. The van der Waals surface area contributed by atoms with Gasteiger partial charge in [-0.25, -0.2) is 4.79 Å². The monoisotopic (exact) mass is 458 g/mol. The average molecular weight is 458 g/mol. The Morgan fingerprint density at radius 3 is 2.09 bits per heavy atom. The minimum absolute atomic E-state index is 0.110. The molecule has 1 amide bonds. The number of ketones is 3. The summed E-state index contributed by atoms with van der Waals surface area (Å²) in [5.41, 5.74) is 2.94. The lowest BCUT2D eigenvalue weighted by Gasteiger charge is -2.19. The van der Waals surface area contributed by atoms with Crippen LogP contribution in [0.25, 0.3) is 0 Å². The van der Waals surface area contributed by atoms with Gasteiger partial charge in [0.05, 0.1) is 0 Å². The van der Waals surface area contributed by atoms with Crippen molar-refractivity contribution in [3.8, 4) is 0 Å². The Labute approximate surface area is 195 Å². The van der Waals surface area contributed by atoms with Crippen LogP contribution in [0.3, 0.4) is 0 Å². The summed E-state index contributed by atoms with van der Waals surface area (Å²) in [7, 11) is 0. The summed E-state index contributed by atoms with van der Waals surface area (Å²) in [4.78, 5) is 65.5. The summed E-state index contributed by atoms with van der Waals surface area (Å²) in [6, 6.07) is 11.0. The lowest BCUT2D eigenvalue weighted by Crippen LogP contribution is -2.30. The van der Waals surface area contributed by atoms with E-state index in [1.165, 1.54) is 32.0 Å². The first-order chi connectivity index (χ1) is 16.1. The van der Waals surface area contributed by atoms with Crippen LogP contribution in [0, 0.1) is 13.8 Å². The molecule has 1 aliphatic carbocycles. The highest BCUT2D eigenvalue weighted by molar-refractivity contribution is 6.28. The summed E-state index contributed by atoms with van der Waals surface area (Å²) < 4.78 is 5.28. The maximum absolute atomic E-state index is 12.9. The SMILES string of the molecule is CC(=O)c1c(C)[nH]c(C(=O)O[C@@H](C)C(=O)Nc2ccc3c(c2)C(=O)c2ccccc2C3=O)c1C. The second kappa shape index (κ2) is 8.55. The minimum atomic E-state index is -1.16. The highest BCUT2D eigenvalue weighted by Crippen LogP contribution is 2.29. The van der Waals surface area contributed by atoms with Crippen LogP contribution in [0.5, 0.6) is 0 Å². The Hall–Kier alpha value is -4.33. The lowest BCUT2D eigenvalue weighted by molar-refractivity contribution is -0.123. The molecule has 3 aromatic rings. The number of aromatic amines is 1. The fourth-order valence-corrected chi connectivity index (χ4v) is 4.18. The lowest BCUT2D eigenvalue weighted by atomic mass is 9.84. The van der Waals surface area contributed by atoms with Crippen molar-refractivity contribution in [2.24, 2.45) is 0 Å². The summed E-state index contributed by atoms with van der Waals surface area (Å²) >= 11 is 0. The van der Waals surface area contributed by atoms with Gasteiger partial charge in [-0.2, -0.15) is 0 Å². The predicted molar refractivity (Wildman–Crippen MR) is 124 cm³/mol. The molecule has 0 aliphatic heterocycles. The molecular formula is C26H22N2O6. The van der Waals surface area contributed by atoms with Crippen LogP contribution in [0.4, 0.5) is 5.69 Å². The Morgan fingerprint density at radius 2 is 1.50 bits per heavy atom. The van der Waals surface area contributed by atoms with Crippen molar-refractivity contribution in [3.63, 3.8) is 0 Å². The van der Waals surface area contributed by atoms with Crippen molar-refractivity contribution in [3.05, 3.63) is 87.2 Å². The highest BCUT2D eigenvalue weighted by atomic mass is 16.5. The second-order valence-corrected chi connectivity index (χ2v) is 8.18. The van der Waals surface area contributed by atoms with Crippen molar-refractivity contribution < 1.29 is 28.7 Å². The molecule has 8 nitrogen and oxygen atoms in total. The summed E-state index contributed by atoms with van der Waals surface area (Å²) in [5, 5.41) is 2.61. The van der Waals surface area contributed by atoms with Gasteiger partial charge in [-0.05, 0) is 51.5 Å². The molecule has 0 unspecified atom stereocenters. The third-order valence-electron chi connectivity index (χ3n) is 5.84. The number of carbonyl (C=O) groups excluding carboxylic acids is 5. The largest absolute Gasteiger partial charge is 0.448 e. The maximum Gasteiger partial charge on any atom is 0.355 e. The molecule has 0 radical (unpaired) electrons. The number of benzene rings is 2. The van der Waals surface area contributed by atoms with Crippen molar-refractivity contribution in [2.75, 3.05) is 5.32 Å². The van der Waals surface area contributed by atoms with E-state index in [9.17, 15) is 24.0 Å². The zero-order valence-corrected chi connectivity index (χ0v) is 19.1. The highest BCUT2D eigenvalue weighted by Gasteiger charge is 2.30. The van der Waals surface area contributed by atoms with E-state index in [4.69, 9.17) is 4.74 Å². The third kappa shape index (κ3) is 3.83. The first kappa shape index (κ1) is 22.8. The Kier molecular flexibility index (Phi) is 5.75. The zero-order valence-electron chi connectivity index (χ0n) is 19.1. The van der Waals surface area contributed by atoms with Crippen molar-refractivity contribution in [1.29, 1.82) is 0 Å². The molecule has 0 spiro atoms. The molecule has 1 aromatic heterocycles. The molecule has 4 rings (SSSR count). The topological polar surface area (TPSA) is 122 Å². The smallest absolute Gasteiger partial charge is 0.355 e. The number of ether oxygens (including phenoxy) is 1. The number of carbonyl (C=O) groups is 5. The third-order valence-corrected chi connectivity index (χ3v) is 5.84. The van der Waals surface area contributed by atoms with Crippen molar-refractivity contribution >= 4 is 34.9 Å². The van der Waals surface area contributed by atoms with Gasteiger partial charge in [0.1, 0.15) is 5.69 Å². The molecule has 0 fully saturated rings. The number of nitrogens with one attached hydrogen (secondary N) is 2. The number of Topliss-reactive ketones (excluding diaryl/α,β-unsaturated/α-hetero) is 1. The number of aryl methyl sites for hydroxylation is 1. The molecule has 1 atom stereocenters. The summed E-state index contributed by atoms with van der Waals surface area (Å²) in [6.07, 6.45) is -1.16. The molecule has 172 valence electrons. The van der Waals surface area contributed by atoms with Crippen LogP contribution in [0.15, 0.2) is 42.5 Å². The predicted octanol–water partition coefficient (Wildman–Crippen LogP) is 3.79.